The van der Waals surface area contributed by atoms with Gasteiger partial charge in [-0.25, -0.2) is 8.42 Å². The van der Waals surface area contributed by atoms with Crippen LogP contribution in [-0.4, -0.2) is 33.1 Å². The Morgan fingerprint density at radius 2 is 2.20 bits per heavy atom. The highest BCUT2D eigenvalue weighted by molar-refractivity contribution is 7.91. The van der Waals surface area contributed by atoms with Gasteiger partial charge in [0.25, 0.3) is 0 Å². The summed E-state index contributed by atoms with van der Waals surface area (Å²) in [6.45, 7) is 0. The third-order valence-electron chi connectivity index (χ3n) is 1.75. The second-order valence-electron chi connectivity index (χ2n) is 2.61. The van der Waals surface area contributed by atoms with Crippen molar-refractivity contribution in [1.82, 2.24) is 0 Å². The van der Waals surface area contributed by atoms with Crippen molar-refractivity contribution in [1.29, 1.82) is 0 Å². The van der Waals surface area contributed by atoms with Gasteiger partial charge in [0, 0.05) is 7.11 Å². The Hall–Kier alpha value is -0.0900. The maximum Gasteiger partial charge on any atom is 0.152 e. The van der Waals surface area contributed by atoms with Crippen molar-refractivity contribution in [3.63, 3.8) is 0 Å². The summed E-state index contributed by atoms with van der Waals surface area (Å²) in [4.78, 5) is 0. The molecule has 0 aromatic rings. The van der Waals surface area contributed by atoms with Crippen LogP contribution in [0.15, 0.2) is 0 Å². The lowest BCUT2D eigenvalue weighted by Gasteiger charge is -2.19. The zero-order chi connectivity index (χ0) is 7.61. The molecule has 3 nitrogen and oxygen atoms in total. The van der Waals surface area contributed by atoms with Crippen molar-refractivity contribution in [3.8, 4) is 0 Å². The van der Waals surface area contributed by atoms with E-state index in [-0.39, 0.29) is 11.9 Å². The summed E-state index contributed by atoms with van der Waals surface area (Å²) in [6, 6.07) is 0. The quantitative estimate of drug-likeness (QED) is 0.556. The van der Waals surface area contributed by atoms with Crippen LogP contribution >= 0.6 is 0 Å². The molecule has 0 aromatic heterocycles. The van der Waals surface area contributed by atoms with Crippen LogP contribution in [0.5, 0.6) is 0 Å². The molecule has 0 N–H and O–H groups in total. The number of ether oxygens (including phenoxy) is 1. The first-order valence-corrected chi connectivity index (χ1v) is 5.19. The Balaban J connectivity index is 2.56. The monoisotopic (exact) mass is 164 g/mol. The predicted molar refractivity (Wildman–Crippen MR) is 38.7 cm³/mol. The third kappa shape index (κ3) is 1.95. The van der Waals surface area contributed by atoms with Crippen molar-refractivity contribution in [3.05, 3.63) is 0 Å². The Labute approximate surface area is 61.3 Å². The molecule has 60 valence electrons. The van der Waals surface area contributed by atoms with E-state index in [2.05, 4.69) is 0 Å². The molecular weight excluding hydrogens is 152 g/mol. The van der Waals surface area contributed by atoms with Crippen LogP contribution in [0.2, 0.25) is 0 Å². The molecule has 0 aliphatic carbocycles. The highest BCUT2D eigenvalue weighted by Crippen LogP contribution is 2.13. The summed E-state index contributed by atoms with van der Waals surface area (Å²) in [7, 11) is -1.21. The van der Waals surface area contributed by atoms with Gasteiger partial charge in [-0.05, 0) is 12.8 Å². The number of rotatable bonds is 1. The van der Waals surface area contributed by atoms with Gasteiger partial charge in [0.05, 0.1) is 17.6 Å². The van der Waals surface area contributed by atoms with Crippen molar-refractivity contribution in [2.24, 2.45) is 0 Å². The van der Waals surface area contributed by atoms with Gasteiger partial charge in [0.2, 0.25) is 0 Å². The van der Waals surface area contributed by atoms with E-state index in [0.29, 0.717) is 5.75 Å². The van der Waals surface area contributed by atoms with Gasteiger partial charge in [0.1, 0.15) is 0 Å². The van der Waals surface area contributed by atoms with E-state index in [0.717, 1.165) is 12.8 Å². The van der Waals surface area contributed by atoms with Crippen molar-refractivity contribution in [2.75, 3.05) is 18.6 Å². The molecule has 1 saturated heterocycles. The minimum Gasteiger partial charge on any atom is -0.380 e. The number of hydrogen-bond acceptors (Lipinski definition) is 3. The summed E-state index contributed by atoms with van der Waals surface area (Å²) < 4.78 is 26.8. The van der Waals surface area contributed by atoms with E-state index in [1.54, 1.807) is 7.11 Å². The van der Waals surface area contributed by atoms with E-state index in [9.17, 15) is 8.42 Å². The number of hydrogen-bond donors (Lipinski definition) is 0. The molecule has 4 heteroatoms. The topological polar surface area (TPSA) is 43.4 Å². The van der Waals surface area contributed by atoms with Gasteiger partial charge < -0.3 is 4.74 Å². The molecule has 1 heterocycles. The van der Waals surface area contributed by atoms with Crippen LogP contribution in [0.3, 0.4) is 0 Å². The molecule has 1 unspecified atom stereocenters. The standard InChI is InChI=1S/C6H12O3S/c1-9-6-3-2-4-10(7,8)5-6/h6H,2-5H2,1H3. The second-order valence-corrected chi connectivity index (χ2v) is 4.84. The largest absolute Gasteiger partial charge is 0.380 e. The van der Waals surface area contributed by atoms with Crippen LogP contribution in [0.4, 0.5) is 0 Å². The summed E-state index contributed by atoms with van der Waals surface area (Å²) in [5.74, 6) is 0.552. The first-order chi connectivity index (χ1) is 4.64. The molecule has 1 atom stereocenters. The van der Waals surface area contributed by atoms with E-state index in [4.69, 9.17) is 4.74 Å². The first kappa shape index (κ1) is 8.01. The smallest absolute Gasteiger partial charge is 0.152 e. The lowest BCUT2D eigenvalue weighted by Crippen LogP contribution is -2.30. The highest BCUT2D eigenvalue weighted by Gasteiger charge is 2.23. The lowest BCUT2D eigenvalue weighted by atomic mass is 10.2. The van der Waals surface area contributed by atoms with Gasteiger partial charge in [0.15, 0.2) is 9.84 Å². The zero-order valence-corrected chi connectivity index (χ0v) is 6.86. The number of sulfone groups is 1. The molecule has 0 spiro atoms. The third-order valence-corrected chi connectivity index (χ3v) is 3.54. The molecular formula is C6H12O3S. The van der Waals surface area contributed by atoms with Gasteiger partial charge in [-0.2, -0.15) is 0 Å². The summed E-state index contributed by atoms with van der Waals surface area (Å²) in [5.41, 5.74) is 0. The minimum absolute atomic E-state index is 0.0567. The summed E-state index contributed by atoms with van der Waals surface area (Å²) in [6.07, 6.45) is 1.58. The molecule has 0 aromatic carbocycles. The van der Waals surface area contributed by atoms with Crippen LogP contribution in [-0.2, 0) is 14.6 Å². The molecule has 0 amide bonds. The van der Waals surface area contributed by atoms with Crippen molar-refractivity contribution in [2.45, 2.75) is 18.9 Å². The Bertz CT molecular complexity index is 195. The van der Waals surface area contributed by atoms with Crippen molar-refractivity contribution >= 4 is 9.84 Å². The molecule has 0 radical (unpaired) electrons. The fourth-order valence-corrected chi connectivity index (χ4v) is 2.81. The Kier molecular flexibility index (Phi) is 2.31. The predicted octanol–water partition coefficient (Wildman–Crippen LogP) is 0.210. The Morgan fingerprint density at radius 1 is 1.50 bits per heavy atom. The van der Waals surface area contributed by atoms with Crippen molar-refractivity contribution < 1.29 is 13.2 Å². The lowest BCUT2D eigenvalue weighted by molar-refractivity contribution is 0.109. The Morgan fingerprint density at radius 3 is 2.60 bits per heavy atom. The molecule has 1 aliphatic rings. The van der Waals surface area contributed by atoms with Crippen LogP contribution in [0.1, 0.15) is 12.8 Å². The SMILES string of the molecule is COC1CCCS(=O)(=O)C1. The van der Waals surface area contributed by atoms with Crippen LogP contribution in [0, 0.1) is 0 Å². The van der Waals surface area contributed by atoms with E-state index in [1.165, 1.54) is 0 Å². The fourth-order valence-electron chi connectivity index (χ4n) is 1.17. The average Bonchev–Trinajstić information content (AvgIpc) is 1.86. The van der Waals surface area contributed by atoms with Crippen LogP contribution < -0.4 is 0 Å². The summed E-state index contributed by atoms with van der Waals surface area (Å²) in [5, 5.41) is 0. The fraction of sp³-hybridized carbons (Fsp3) is 1.00. The molecule has 1 aliphatic heterocycles. The second kappa shape index (κ2) is 2.88. The van der Waals surface area contributed by atoms with Crippen LogP contribution in [0.25, 0.3) is 0 Å². The molecule has 1 fully saturated rings. The number of methoxy groups -OCH3 is 1. The van der Waals surface area contributed by atoms with Gasteiger partial charge in [-0.3, -0.25) is 0 Å². The first-order valence-electron chi connectivity index (χ1n) is 3.37. The minimum atomic E-state index is -2.77. The van der Waals surface area contributed by atoms with E-state index < -0.39 is 9.84 Å². The maximum absolute atomic E-state index is 10.9. The highest BCUT2D eigenvalue weighted by atomic mass is 32.2. The maximum atomic E-state index is 10.9. The van der Waals surface area contributed by atoms with Gasteiger partial charge in [-0.1, -0.05) is 0 Å². The molecule has 10 heavy (non-hydrogen) atoms. The van der Waals surface area contributed by atoms with E-state index >= 15 is 0 Å². The van der Waals surface area contributed by atoms with E-state index in [1.807, 2.05) is 0 Å². The van der Waals surface area contributed by atoms with Gasteiger partial charge >= 0.3 is 0 Å². The average molecular weight is 164 g/mol. The molecule has 0 bridgehead atoms. The molecule has 1 rings (SSSR count). The normalized spacial score (nSPS) is 31.9. The summed E-state index contributed by atoms with van der Waals surface area (Å²) >= 11 is 0. The molecule has 0 saturated carbocycles. The zero-order valence-electron chi connectivity index (χ0n) is 6.04. The van der Waals surface area contributed by atoms with Gasteiger partial charge in [-0.15, -0.1) is 0 Å².